The number of rotatable bonds is 0. The zero-order chi connectivity index (χ0) is 8.55. The summed E-state index contributed by atoms with van der Waals surface area (Å²) < 4.78 is 0. The maximum Gasteiger partial charge on any atom is 0.0287 e. The highest BCUT2D eigenvalue weighted by molar-refractivity contribution is 4.87. The largest absolute Gasteiger partial charge is 0.312 e. The van der Waals surface area contributed by atoms with E-state index in [1.807, 2.05) is 0 Å². The van der Waals surface area contributed by atoms with Gasteiger partial charge in [0.25, 0.3) is 0 Å². The summed E-state index contributed by atoms with van der Waals surface area (Å²) in [6.45, 7) is 3.63. The van der Waals surface area contributed by atoms with Crippen LogP contribution in [0.1, 0.15) is 12.8 Å². The molecule has 0 spiro atoms. The predicted molar refractivity (Wildman–Crippen MR) is 49.8 cm³/mol. The third-order valence-corrected chi connectivity index (χ3v) is 3.27. The van der Waals surface area contributed by atoms with Gasteiger partial charge < -0.3 is 5.32 Å². The SMILES string of the molecule is CN1CC2CCCNC2CN1C. The van der Waals surface area contributed by atoms with E-state index in [-0.39, 0.29) is 0 Å². The Morgan fingerprint density at radius 1 is 1.17 bits per heavy atom. The van der Waals surface area contributed by atoms with Gasteiger partial charge in [-0.2, -0.15) is 0 Å². The van der Waals surface area contributed by atoms with Crippen LogP contribution >= 0.6 is 0 Å². The van der Waals surface area contributed by atoms with Crippen LogP contribution in [0.25, 0.3) is 0 Å². The van der Waals surface area contributed by atoms with Crippen LogP contribution in [0.15, 0.2) is 0 Å². The second kappa shape index (κ2) is 3.32. The maximum absolute atomic E-state index is 3.60. The molecule has 0 aromatic rings. The Labute approximate surface area is 74.7 Å². The minimum absolute atomic E-state index is 0.750. The number of nitrogens with zero attached hydrogens (tertiary/aromatic N) is 2. The van der Waals surface area contributed by atoms with Gasteiger partial charge >= 0.3 is 0 Å². The van der Waals surface area contributed by atoms with Crippen molar-refractivity contribution in [1.29, 1.82) is 0 Å². The highest BCUT2D eigenvalue weighted by Gasteiger charge is 2.31. The Bertz CT molecular complexity index is 142. The fourth-order valence-corrected chi connectivity index (χ4v) is 2.35. The molecule has 2 fully saturated rings. The van der Waals surface area contributed by atoms with E-state index in [2.05, 4.69) is 29.4 Å². The Morgan fingerprint density at radius 3 is 2.75 bits per heavy atom. The molecule has 1 N–H and O–H groups in total. The summed E-state index contributed by atoms with van der Waals surface area (Å²) in [7, 11) is 4.36. The van der Waals surface area contributed by atoms with Crippen molar-refractivity contribution in [2.45, 2.75) is 18.9 Å². The number of nitrogens with one attached hydrogen (secondary N) is 1. The van der Waals surface area contributed by atoms with E-state index < -0.39 is 0 Å². The molecular formula is C9H19N3. The third-order valence-electron chi connectivity index (χ3n) is 3.27. The predicted octanol–water partition coefficient (Wildman–Crippen LogP) is 0.147. The van der Waals surface area contributed by atoms with Gasteiger partial charge in [0.2, 0.25) is 0 Å². The van der Waals surface area contributed by atoms with Crippen LogP contribution in [0, 0.1) is 5.92 Å². The van der Waals surface area contributed by atoms with Crippen molar-refractivity contribution in [2.75, 3.05) is 33.7 Å². The monoisotopic (exact) mass is 169 g/mol. The normalized spacial score (nSPS) is 39.5. The topological polar surface area (TPSA) is 18.5 Å². The number of fused-ring (bicyclic) bond motifs is 1. The molecule has 2 unspecified atom stereocenters. The molecule has 0 radical (unpaired) electrons. The fourth-order valence-electron chi connectivity index (χ4n) is 2.35. The van der Waals surface area contributed by atoms with Crippen molar-refractivity contribution < 1.29 is 0 Å². The molecule has 3 nitrogen and oxygen atoms in total. The molecule has 0 aliphatic carbocycles. The van der Waals surface area contributed by atoms with Crippen LogP contribution in [-0.2, 0) is 0 Å². The van der Waals surface area contributed by atoms with Crippen LogP contribution in [0.2, 0.25) is 0 Å². The Balaban J connectivity index is 1.98. The number of hydrazine groups is 1. The number of likely N-dealkylation sites (N-methyl/N-ethyl adjacent to an activating group) is 1. The van der Waals surface area contributed by atoms with E-state index in [0.717, 1.165) is 12.0 Å². The van der Waals surface area contributed by atoms with Crippen LogP contribution in [-0.4, -0.2) is 49.8 Å². The van der Waals surface area contributed by atoms with E-state index in [1.54, 1.807) is 0 Å². The van der Waals surface area contributed by atoms with Crippen LogP contribution in [0.4, 0.5) is 0 Å². The van der Waals surface area contributed by atoms with Crippen molar-refractivity contribution in [1.82, 2.24) is 15.3 Å². The standard InChI is InChI=1S/C9H19N3/c1-11-6-8-4-3-5-10-9(8)7-12(11)2/h8-10H,3-7H2,1-2H3. The third kappa shape index (κ3) is 1.49. The van der Waals surface area contributed by atoms with Crippen molar-refractivity contribution in [3.8, 4) is 0 Å². The van der Waals surface area contributed by atoms with Gasteiger partial charge in [0.15, 0.2) is 0 Å². The summed E-state index contributed by atoms with van der Waals surface area (Å²) in [4.78, 5) is 0. The minimum atomic E-state index is 0.750. The molecule has 2 saturated heterocycles. The molecule has 12 heavy (non-hydrogen) atoms. The molecule has 0 amide bonds. The van der Waals surface area contributed by atoms with Gasteiger partial charge in [-0.25, -0.2) is 10.0 Å². The average molecular weight is 169 g/mol. The van der Waals surface area contributed by atoms with Crippen molar-refractivity contribution in [2.24, 2.45) is 5.92 Å². The van der Waals surface area contributed by atoms with Gasteiger partial charge in [-0.3, -0.25) is 0 Å². The molecule has 2 aliphatic rings. The first kappa shape index (κ1) is 8.48. The molecule has 0 bridgehead atoms. The Hall–Kier alpha value is -0.120. The van der Waals surface area contributed by atoms with Crippen molar-refractivity contribution in [3.05, 3.63) is 0 Å². The molecule has 0 aromatic heterocycles. The highest BCUT2D eigenvalue weighted by atomic mass is 15.6. The van der Waals surface area contributed by atoms with Crippen LogP contribution < -0.4 is 5.32 Å². The Kier molecular flexibility index (Phi) is 2.35. The summed E-state index contributed by atoms with van der Waals surface area (Å²) in [5.74, 6) is 0.889. The molecule has 3 heteroatoms. The lowest BCUT2D eigenvalue weighted by Crippen LogP contribution is -2.59. The first-order chi connectivity index (χ1) is 5.77. The highest BCUT2D eigenvalue weighted by Crippen LogP contribution is 2.22. The zero-order valence-corrected chi connectivity index (χ0v) is 8.08. The average Bonchev–Trinajstić information content (AvgIpc) is 2.07. The van der Waals surface area contributed by atoms with E-state index in [4.69, 9.17) is 0 Å². The summed E-state index contributed by atoms with van der Waals surface area (Å²) in [6.07, 6.45) is 2.77. The van der Waals surface area contributed by atoms with Gasteiger partial charge in [0.05, 0.1) is 0 Å². The smallest absolute Gasteiger partial charge is 0.0287 e. The van der Waals surface area contributed by atoms with Crippen LogP contribution in [0.3, 0.4) is 0 Å². The minimum Gasteiger partial charge on any atom is -0.312 e. The fraction of sp³-hybridized carbons (Fsp3) is 1.00. The molecule has 2 heterocycles. The zero-order valence-electron chi connectivity index (χ0n) is 8.08. The van der Waals surface area contributed by atoms with E-state index in [9.17, 15) is 0 Å². The number of hydrogen-bond donors (Lipinski definition) is 1. The molecule has 0 saturated carbocycles. The summed E-state index contributed by atoms with van der Waals surface area (Å²) in [5, 5.41) is 8.26. The molecule has 2 rings (SSSR count). The van der Waals surface area contributed by atoms with E-state index in [1.165, 1.54) is 32.5 Å². The first-order valence-corrected chi connectivity index (χ1v) is 4.93. The molecule has 0 aromatic carbocycles. The van der Waals surface area contributed by atoms with Gasteiger partial charge in [0.1, 0.15) is 0 Å². The summed E-state index contributed by atoms with van der Waals surface area (Å²) >= 11 is 0. The quantitative estimate of drug-likeness (QED) is 0.557. The summed E-state index contributed by atoms with van der Waals surface area (Å²) in [6, 6.07) is 0.750. The molecular weight excluding hydrogens is 150 g/mol. The number of hydrogen-bond acceptors (Lipinski definition) is 3. The first-order valence-electron chi connectivity index (χ1n) is 4.93. The lowest BCUT2D eigenvalue weighted by molar-refractivity contribution is -0.0510. The molecule has 2 aliphatic heterocycles. The second-order valence-electron chi connectivity index (χ2n) is 4.14. The number of piperidine rings is 1. The lowest BCUT2D eigenvalue weighted by atomic mass is 9.89. The molecule has 2 atom stereocenters. The van der Waals surface area contributed by atoms with Gasteiger partial charge in [0, 0.05) is 33.2 Å². The summed E-state index contributed by atoms with van der Waals surface area (Å²) in [5.41, 5.74) is 0. The van der Waals surface area contributed by atoms with Crippen molar-refractivity contribution >= 4 is 0 Å². The second-order valence-corrected chi connectivity index (χ2v) is 4.14. The van der Waals surface area contributed by atoms with Gasteiger partial charge in [-0.1, -0.05) is 0 Å². The molecule has 70 valence electrons. The Morgan fingerprint density at radius 2 is 1.92 bits per heavy atom. The van der Waals surface area contributed by atoms with Gasteiger partial charge in [-0.15, -0.1) is 0 Å². The lowest BCUT2D eigenvalue weighted by Gasteiger charge is -2.45. The van der Waals surface area contributed by atoms with Gasteiger partial charge in [-0.05, 0) is 25.3 Å². The van der Waals surface area contributed by atoms with E-state index >= 15 is 0 Å². The van der Waals surface area contributed by atoms with Crippen LogP contribution in [0.5, 0.6) is 0 Å². The maximum atomic E-state index is 3.60. The van der Waals surface area contributed by atoms with Crippen molar-refractivity contribution in [3.63, 3.8) is 0 Å². The van der Waals surface area contributed by atoms with E-state index in [0.29, 0.717) is 0 Å².